The van der Waals surface area contributed by atoms with Crippen molar-refractivity contribution in [2.75, 3.05) is 13.7 Å². The Bertz CT molecular complexity index is 627. The monoisotopic (exact) mass is 310 g/mol. The minimum atomic E-state index is 0.376. The van der Waals surface area contributed by atoms with Gasteiger partial charge in [0.1, 0.15) is 5.75 Å². The first-order chi connectivity index (χ1) is 11.3. The van der Waals surface area contributed by atoms with E-state index in [-0.39, 0.29) is 0 Å². The summed E-state index contributed by atoms with van der Waals surface area (Å²) in [6.07, 6.45) is 2.41. The molecular weight excluding hydrogens is 284 g/mol. The van der Waals surface area contributed by atoms with Crippen molar-refractivity contribution in [3.8, 4) is 5.75 Å². The number of aryl methyl sites for hydroxylation is 1. The summed E-state index contributed by atoms with van der Waals surface area (Å²) in [5.41, 5.74) is 3.78. The quantitative estimate of drug-likeness (QED) is 0.885. The van der Waals surface area contributed by atoms with Crippen molar-refractivity contribution in [1.82, 2.24) is 10.6 Å². The minimum absolute atomic E-state index is 0.376. The first kappa shape index (κ1) is 16.0. The molecule has 1 saturated heterocycles. The van der Waals surface area contributed by atoms with Crippen LogP contribution in [0.15, 0.2) is 48.5 Å². The number of piperidine rings is 1. The molecule has 1 fully saturated rings. The predicted octanol–water partition coefficient (Wildman–Crippen LogP) is 3.59. The Morgan fingerprint density at radius 2 is 1.96 bits per heavy atom. The van der Waals surface area contributed by atoms with Gasteiger partial charge in [-0.15, -0.1) is 0 Å². The summed E-state index contributed by atoms with van der Waals surface area (Å²) in [7, 11) is 1.75. The van der Waals surface area contributed by atoms with Crippen LogP contribution < -0.4 is 15.4 Å². The molecule has 2 aromatic rings. The average Bonchev–Trinajstić information content (AvgIpc) is 2.61. The molecule has 1 aliphatic rings. The van der Waals surface area contributed by atoms with E-state index in [4.69, 9.17) is 4.74 Å². The Morgan fingerprint density at radius 3 is 2.74 bits per heavy atom. The SMILES string of the molecule is COc1c(C)cccc1CN[C@H]1CCCN[C@H]1c1ccccc1. The molecule has 0 radical (unpaired) electrons. The maximum atomic E-state index is 5.57. The molecule has 122 valence electrons. The molecule has 3 heteroatoms. The molecule has 0 spiro atoms. The van der Waals surface area contributed by atoms with Gasteiger partial charge in [0.2, 0.25) is 0 Å². The fraction of sp³-hybridized carbons (Fsp3) is 0.400. The van der Waals surface area contributed by atoms with Crippen molar-refractivity contribution >= 4 is 0 Å². The topological polar surface area (TPSA) is 33.3 Å². The Kier molecular flexibility index (Phi) is 5.31. The van der Waals surface area contributed by atoms with Gasteiger partial charge in [0.05, 0.1) is 7.11 Å². The molecule has 0 unspecified atom stereocenters. The minimum Gasteiger partial charge on any atom is -0.496 e. The van der Waals surface area contributed by atoms with Crippen LogP contribution in [0.3, 0.4) is 0 Å². The average molecular weight is 310 g/mol. The molecule has 0 bridgehead atoms. The zero-order valence-electron chi connectivity index (χ0n) is 14.0. The Labute approximate surface area is 139 Å². The highest BCUT2D eigenvalue weighted by atomic mass is 16.5. The summed E-state index contributed by atoms with van der Waals surface area (Å²) >= 11 is 0. The summed E-state index contributed by atoms with van der Waals surface area (Å²) in [5, 5.41) is 7.41. The largest absolute Gasteiger partial charge is 0.496 e. The number of para-hydroxylation sites is 1. The number of hydrogen-bond acceptors (Lipinski definition) is 3. The molecule has 0 amide bonds. The molecule has 2 N–H and O–H groups in total. The van der Waals surface area contributed by atoms with Crippen LogP contribution >= 0.6 is 0 Å². The van der Waals surface area contributed by atoms with E-state index in [0.717, 1.165) is 18.8 Å². The number of methoxy groups -OCH3 is 1. The van der Waals surface area contributed by atoms with Crippen LogP contribution in [-0.2, 0) is 6.54 Å². The number of ether oxygens (including phenoxy) is 1. The molecule has 23 heavy (non-hydrogen) atoms. The van der Waals surface area contributed by atoms with E-state index in [1.54, 1.807) is 7.11 Å². The van der Waals surface area contributed by atoms with Gasteiger partial charge >= 0.3 is 0 Å². The van der Waals surface area contributed by atoms with Crippen molar-refractivity contribution in [2.45, 2.75) is 38.4 Å². The van der Waals surface area contributed by atoms with E-state index in [2.05, 4.69) is 66.1 Å². The highest BCUT2D eigenvalue weighted by molar-refractivity contribution is 5.40. The lowest BCUT2D eigenvalue weighted by molar-refractivity contribution is 0.302. The second-order valence-corrected chi connectivity index (χ2v) is 6.24. The third-order valence-electron chi connectivity index (χ3n) is 4.67. The lowest BCUT2D eigenvalue weighted by Crippen LogP contribution is -2.45. The third kappa shape index (κ3) is 3.74. The zero-order chi connectivity index (χ0) is 16.1. The maximum absolute atomic E-state index is 5.57. The molecule has 1 heterocycles. The van der Waals surface area contributed by atoms with E-state index in [1.165, 1.54) is 29.5 Å². The summed E-state index contributed by atoms with van der Waals surface area (Å²) in [6.45, 7) is 4.02. The second-order valence-electron chi connectivity index (χ2n) is 6.24. The second kappa shape index (κ2) is 7.62. The highest BCUT2D eigenvalue weighted by Gasteiger charge is 2.25. The molecule has 2 atom stereocenters. The van der Waals surface area contributed by atoms with Crippen molar-refractivity contribution in [2.24, 2.45) is 0 Å². The third-order valence-corrected chi connectivity index (χ3v) is 4.67. The van der Waals surface area contributed by atoms with Gasteiger partial charge in [0.15, 0.2) is 0 Å². The summed E-state index contributed by atoms with van der Waals surface area (Å²) < 4.78 is 5.57. The smallest absolute Gasteiger partial charge is 0.126 e. The standard InChI is InChI=1S/C20H26N2O/c1-15-8-6-11-17(20(15)23-2)14-22-18-12-7-13-21-19(18)16-9-4-3-5-10-16/h3-6,8-11,18-19,21-22H,7,12-14H2,1-2H3/t18-,19-/m0/s1. The van der Waals surface area contributed by atoms with Crippen LogP contribution in [-0.4, -0.2) is 19.7 Å². The first-order valence-corrected chi connectivity index (χ1v) is 8.44. The van der Waals surface area contributed by atoms with Crippen LogP contribution in [0.2, 0.25) is 0 Å². The molecule has 3 nitrogen and oxygen atoms in total. The number of benzene rings is 2. The Hall–Kier alpha value is -1.84. The van der Waals surface area contributed by atoms with Crippen LogP contribution in [0.5, 0.6) is 5.75 Å². The number of nitrogens with one attached hydrogen (secondary N) is 2. The normalized spacial score (nSPS) is 21.1. The van der Waals surface area contributed by atoms with Gasteiger partial charge in [-0.1, -0.05) is 48.5 Å². The van der Waals surface area contributed by atoms with Gasteiger partial charge in [-0.2, -0.15) is 0 Å². The van der Waals surface area contributed by atoms with Gasteiger partial charge < -0.3 is 15.4 Å². The van der Waals surface area contributed by atoms with Crippen LogP contribution in [0.4, 0.5) is 0 Å². The van der Waals surface area contributed by atoms with Crippen molar-refractivity contribution in [1.29, 1.82) is 0 Å². The van der Waals surface area contributed by atoms with E-state index in [0.29, 0.717) is 12.1 Å². The van der Waals surface area contributed by atoms with Gasteiger partial charge in [-0.05, 0) is 37.4 Å². The molecule has 2 aromatic carbocycles. The molecule has 3 rings (SSSR count). The fourth-order valence-corrected chi connectivity index (χ4v) is 3.50. The molecule has 1 aliphatic heterocycles. The maximum Gasteiger partial charge on any atom is 0.126 e. The van der Waals surface area contributed by atoms with Crippen LogP contribution in [0.1, 0.15) is 35.6 Å². The lowest BCUT2D eigenvalue weighted by Gasteiger charge is -2.34. The van der Waals surface area contributed by atoms with Crippen molar-refractivity contribution in [3.05, 3.63) is 65.2 Å². The van der Waals surface area contributed by atoms with Gasteiger partial charge in [0.25, 0.3) is 0 Å². The Balaban J connectivity index is 1.72. The Morgan fingerprint density at radius 1 is 1.13 bits per heavy atom. The number of rotatable bonds is 5. The van der Waals surface area contributed by atoms with E-state index < -0.39 is 0 Å². The molecular formula is C20H26N2O. The van der Waals surface area contributed by atoms with Crippen molar-refractivity contribution in [3.63, 3.8) is 0 Å². The van der Waals surface area contributed by atoms with E-state index >= 15 is 0 Å². The summed E-state index contributed by atoms with van der Waals surface area (Å²) in [6, 6.07) is 17.9. The van der Waals surface area contributed by atoms with E-state index in [9.17, 15) is 0 Å². The summed E-state index contributed by atoms with van der Waals surface area (Å²) in [5.74, 6) is 1.00. The fourth-order valence-electron chi connectivity index (χ4n) is 3.50. The van der Waals surface area contributed by atoms with Gasteiger partial charge in [-0.25, -0.2) is 0 Å². The predicted molar refractivity (Wildman–Crippen MR) is 94.8 cm³/mol. The van der Waals surface area contributed by atoms with Crippen LogP contribution in [0, 0.1) is 6.92 Å². The molecule has 0 aliphatic carbocycles. The first-order valence-electron chi connectivity index (χ1n) is 8.44. The lowest BCUT2D eigenvalue weighted by atomic mass is 9.92. The molecule has 0 saturated carbocycles. The number of hydrogen-bond donors (Lipinski definition) is 2. The zero-order valence-corrected chi connectivity index (χ0v) is 14.0. The molecule has 0 aromatic heterocycles. The van der Waals surface area contributed by atoms with Crippen LogP contribution in [0.25, 0.3) is 0 Å². The summed E-state index contributed by atoms with van der Waals surface area (Å²) in [4.78, 5) is 0. The van der Waals surface area contributed by atoms with Gasteiger partial charge in [-0.3, -0.25) is 0 Å². The van der Waals surface area contributed by atoms with Crippen molar-refractivity contribution < 1.29 is 4.74 Å². The van der Waals surface area contributed by atoms with E-state index in [1.807, 2.05) is 0 Å². The van der Waals surface area contributed by atoms with Gasteiger partial charge in [0, 0.05) is 24.2 Å². The highest BCUT2D eigenvalue weighted by Crippen LogP contribution is 2.26.